The maximum absolute atomic E-state index is 11.7. The molecular weight excluding hydrogens is 216 g/mol. The number of hydrogen-bond donors (Lipinski definition) is 2. The van der Waals surface area contributed by atoms with Crippen molar-refractivity contribution in [3.63, 3.8) is 0 Å². The van der Waals surface area contributed by atoms with E-state index in [1.807, 2.05) is 0 Å². The van der Waals surface area contributed by atoms with Crippen molar-refractivity contribution in [2.24, 2.45) is 5.92 Å². The summed E-state index contributed by atoms with van der Waals surface area (Å²) < 4.78 is 5.39. The topological polar surface area (TPSA) is 50.4 Å². The van der Waals surface area contributed by atoms with Crippen LogP contribution in [0.5, 0.6) is 0 Å². The van der Waals surface area contributed by atoms with Gasteiger partial charge in [-0.05, 0) is 25.2 Å². The van der Waals surface area contributed by atoms with Crippen LogP contribution in [0, 0.1) is 5.92 Å². The molecule has 2 aliphatic rings. The van der Waals surface area contributed by atoms with Gasteiger partial charge in [-0.15, -0.1) is 0 Å². The Bertz CT molecular complexity index is 252. The van der Waals surface area contributed by atoms with E-state index in [9.17, 15) is 4.79 Å². The van der Waals surface area contributed by atoms with Crippen LogP contribution in [0.2, 0.25) is 0 Å². The maximum atomic E-state index is 11.7. The van der Waals surface area contributed by atoms with E-state index in [4.69, 9.17) is 4.74 Å². The van der Waals surface area contributed by atoms with Gasteiger partial charge in [0.25, 0.3) is 0 Å². The van der Waals surface area contributed by atoms with Gasteiger partial charge in [-0.25, -0.2) is 0 Å². The molecule has 0 aromatic carbocycles. The van der Waals surface area contributed by atoms with Gasteiger partial charge >= 0.3 is 0 Å². The van der Waals surface area contributed by atoms with Crippen molar-refractivity contribution in [3.8, 4) is 0 Å². The first-order chi connectivity index (χ1) is 8.25. The van der Waals surface area contributed by atoms with Gasteiger partial charge in [0.1, 0.15) is 0 Å². The predicted molar refractivity (Wildman–Crippen MR) is 66.8 cm³/mol. The molecule has 0 spiro atoms. The lowest BCUT2D eigenvalue weighted by molar-refractivity contribution is -0.121. The van der Waals surface area contributed by atoms with Gasteiger partial charge in [-0.1, -0.05) is 19.8 Å². The van der Waals surface area contributed by atoms with Crippen molar-refractivity contribution in [2.75, 3.05) is 19.8 Å². The van der Waals surface area contributed by atoms with Crippen LogP contribution in [-0.2, 0) is 9.53 Å². The normalized spacial score (nSPS) is 30.4. The Hall–Kier alpha value is -0.610. The van der Waals surface area contributed by atoms with E-state index in [2.05, 4.69) is 17.6 Å². The SMILES string of the molecule is CC1COCCC1NCC(=O)NC1CCCC1. The third-order valence-electron chi connectivity index (χ3n) is 3.89. The van der Waals surface area contributed by atoms with Crippen LogP contribution < -0.4 is 10.6 Å². The van der Waals surface area contributed by atoms with Crippen LogP contribution >= 0.6 is 0 Å². The van der Waals surface area contributed by atoms with Crippen molar-refractivity contribution in [3.05, 3.63) is 0 Å². The van der Waals surface area contributed by atoms with Crippen LogP contribution in [0.3, 0.4) is 0 Å². The van der Waals surface area contributed by atoms with Crippen LogP contribution in [0.25, 0.3) is 0 Å². The lowest BCUT2D eigenvalue weighted by atomic mass is 9.98. The Morgan fingerprint density at radius 1 is 1.29 bits per heavy atom. The molecule has 1 heterocycles. The average Bonchev–Trinajstić information content (AvgIpc) is 2.81. The molecule has 0 bridgehead atoms. The molecule has 1 saturated heterocycles. The van der Waals surface area contributed by atoms with Crippen molar-refractivity contribution in [1.82, 2.24) is 10.6 Å². The number of ether oxygens (including phenoxy) is 1. The van der Waals surface area contributed by atoms with Gasteiger partial charge < -0.3 is 15.4 Å². The van der Waals surface area contributed by atoms with E-state index in [-0.39, 0.29) is 5.91 Å². The number of rotatable bonds is 4. The fourth-order valence-electron chi connectivity index (χ4n) is 2.76. The highest BCUT2D eigenvalue weighted by atomic mass is 16.5. The molecule has 1 saturated carbocycles. The summed E-state index contributed by atoms with van der Waals surface area (Å²) >= 11 is 0. The summed E-state index contributed by atoms with van der Waals surface area (Å²) in [5.41, 5.74) is 0. The first kappa shape index (κ1) is 12.8. The minimum atomic E-state index is 0.149. The number of carbonyl (C=O) groups is 1. The van der Waals surface area contributed by atoms with E-state index in [1.165, 1.54) is 12.8 Å². The van der Waals surface area contributed by atoms with Crippen molar-refractivity contribution in [1.29, 1.82) is 0 Å². The Morgan fingerprint density at radius 2 is 2.06 bits per heavy atom. The standard InChI is InChI=1S/C13H24N2O2/c1-10-9-17-7-6-12(10)14-8-13(16)15-11-4-2-3-5-11/h10-12,14H,2-9H2,1H3,(H,15,16). The molecular formula is C13H24N2O2. The van der Waals surface area contributed by atoms with Crippen molar-refractivity contribution >= 4 is 5.91 Å². The quantitative estimate of drug-likeness (QED) is 0.772. The van der Waals surface area contributed by atoms with Gasteiger partial charge in [0.2, 0.25) is 5.91 Å². The number of hydrogen-bond acceptors (Lipinski definition) is 3. The van der Waals surface area contributed by atoms with E-state index in [0.717, 1.165) is 32.5 Å². The highest BCUT2D eigenvalue weighted by molar-refractivity contribution is 5.78. The Labute approximate surface area is 103 Å². The molecule has 0 aromatic heterocycles. The molecule has 0 radical (unpaired) electrons. The largest absolute Gasteiger partial charge is 0.381 e. The lowest BCUT2D eigenvalue weighted by Crippen LogP contribution is -2.47. The molecule has 1 aliphatic heterocycles. The summed E-state index contributed by atoms with van der Waals surface area (Å²) in [7, 11) is 0. The summed E-state index contributed by atoms with van der Waals surface area (Å²) in [5.74, 6) is 0.652. The fraction of sp³-hybridized carbons (Fsp3) is 0.923. The molecule has 2 rings (SSSR count). The molecule has 1 aliphatic carbocycles. The third-order valence-corrected chi connectivity index (χ3v) is 3.89. The zero-order valence-corrected chi connectivity index (χ0v) is 10.7. The molecule has 1 amide bonds. The highest BCUT2D eigenvalue weighted by Crippen LogP contribution is 2.17. The fourth-order valence-corrected chi connectivity index (χ4v) is 2.76. The van der Waals surface area contributed by atoms with Crippen LogP contribution in [0.15, 0.2) is 0 Å². The zero-order valence-electron chi connectivity index (χ0n) is 10.7. The number of amides is 1. The molecule has 4 heteroatoms. The third kappa shape index (κ3) is 3.96. The van der Waals surface area contributed by atoms with E-state index in [0.29, 0.717) is 24.5 Å². The Morgan fingerprint density at radius 3 is 2.76 bits per heavy atom. The second kappa shape index (κ2) is 6.36. The summed E-state index contributed by atoms with van der Waals surface area (Å²) in [4.78, 5) is 11.7. The number of nitrogens with one attached hydrogen (secondary N) is 2. The van der Waals surface area contributed by atoms with E-state index >= 15 is 0 Å². The zero-order chi connectivity index (χ0) is 12.1. The Balaban J connectivity index is 1.64. The van der Waals surface area contributed by atoms with Gasteiger partial charge in [0.15, 0.2) is 0 Å². The molecule has 98 valence electrons. The molecule has 17 heavy (non-hydrogen) atoms. The smallest absolute Gasteiger partial charge is 0.234 e. The van der Waals surface area contributed by atoms with Gasteiger partial charge in [-0.2, -0.15) is 0 Å². The lowest BCUT2D eigenvalue weighted by Gasteiger charge is -2.29. The number of carbonyl (C=O) groups excluding carboxylic acids is 1. The minimum Gasteiger partial charge on any atom is -0.381 e. The monoisotopic (exact) mass is 240 g/mol. The molecule has 2 atom stereocenters. The first-order valence-corrected chi connectivity index (χ1v) is 6.86. The molecule has 2 N–H and O–H groups in total. The second-order valence-electron chi connectivity index (χ2n) is 5.38. The van der Waals surface area contributed by atoms with Crippen LogP contribution in [0.1, 0.15) is 39.0 Å². The first-order valence-electron chi connectivity index (χ1n) is 6.86. The van der Waals surface area contributed by atoms with E-state index < -0.39 is 0 Å². The predicted octanol–water partition coefficient (Wildman–Crippen LogP) is 1.06. The summed E-state index contributed by atoms with van der Waals surface area (Å²) in [6.07, 6.45) is 5.83. The van der Waals surface area contributed by atoms with Gasteiger partial charge in [-0.3, -0.25) is 4.79 Å². The second-order valence-corrected chi connectivity index (χ2v) is 5.38. The Kier molecular flexibility index (Phi) is 4.80. The van der Waals surface area contributed by atoms with Crippen molar-refractivity contribution < 1.29 is 9.53 Å². The summed E-state index contributed by atoms with van der Waals surface area (Å²) in [6, 6.07) is 0.856. The van der Waals surface area contributed by atoms with Crippen molar-refractivity contribution in [2.45, 2.75) is 51.1 Å². The average molecular weight is 240 g/mol. The molecule has 4 nitrogen and oxygen atoms in total. The molecule has 2 unspecified atom stereocenters. The maximum Gasteiger partial charge on any atom is 0.234 e. The summed E-state index contributed by atoms with van der Waals surface area (Å²) in [6.45, 7) is 4.24. The van der Waals surface area contributed by atoms with Crippen LogP contribution in [0.4, 0.5) is 0 Å². The van der Waals surface area contributed by atoms with Crippen LogP contribution in [-0.4, -0.2) is 37.7 Å². The molecule has 2 fully saturated rings. The minimum absolute atomic E-state index is 0.149. The molecule has 0 aromatic rings. The van der Waals surface area contributed by atoms with Gasteiger partial charge in [0, 0.05) is 18.7 Å². The summed E-state index contributed by atoms with van der Waals surface area (Å²) in [5, 5.41) is 6.45. The van der Waals surface area contributed by atoms with E-state index in [1.54, 1.807) is 0 Å². The highest BCUT2D eigenvalue weighted by Gasteiger charge is 2.22. The van der Waals surface area contributed by atoms with Gasteiger partial charge in [0.05, 0.1) is 13.2 Å².